The highest BCUT2D eigenvalue weighted by Gasteiger charge is 2.17. The summed E-state index contributed by atoms with van der Waals surface area (Å²) < 4.78 is 6.83. The first-order valence-electron chi connectivity index (χ1n) is 8.20. The number of nitrogens with two attached hydrogens (primary N) is 1. The monoisotopic (exact) mass is 351 g/mol. The van der Waals surface area contributed by atoms with E-state index in [-0.39, 0.29) is 23.4 Å². The number of anilines is 3. The van der Waals surface area contributed by atoms with Crippen molar-refractivity contribution in [2.24, 2.45) is 0 Å². The van der Waals surface area contributed by atoms with Crippen molar-refractivity contribution in [3.63, 3.8) is 0 Å². The van der Waals surface area contributed by atoms with Crippen molar-refractivity contribution in [1.82, 2.24) is 14.8 Å². The number of nitrogens with one attached hydrogen (secondary N) is 1. The van der Waals surface area contributed by atoms with Crippen molar-refractivity contribution in [3.8, 4) is 5.75 Å². The van der Waals surface area contributed by atoms with E-state index in [1.807, 2.05) is 51.1 Å². The molecule has 3 aromatic rings. The molecule has 0 aliphatic heterocycles. The minimum Gasteiger partial charge on any atom is -0.488 e. The zero-order valence-electron chi connectivity index (χ0n) is 14.9. The minimum atomic E-state index is -0.363. The van der Waals surface area contributed by atoms with Gasteiger partial charge in [0.2, 0.25) is 11.9 Å². The van der Waals surface area contributed by atoms with Crippen molar-refractivity contribution >= 4 is 23.5 Å². The summed E-state index contributed by atoms with van der Waals surface area (Å²) in [4.78, 5) is 16.7. The third-order valence-electron chi connectivity index (χ3n) is 3.38. The lowest BCUT2D eigenvalue weighted by Crippen LogP contribution is -2.23. The molecule has 7 nitrogen and oxygen atoms in total. The molecular weight excluding hydrogens is 330 g/mol. The van der Waals surface area contributed by atoms with Gasteiger partial charge in [-0.1, -0.05) is 18.2 Å². The predicted octanol–water partition coefficient (Wildman–Crippen LogP) is 3.47. The van der Waals surface area contributed by atoms with Crippen LogP contribution in [0.15, 0.2) is 54.6 Å². The molecule has 0 aliphatic rings. The van der Waals surface area contributed by atoms with E-state index in [0.717, 1.165) is 10.4 Å². The molecule has 0 saturated carbocycles. The molecule has 26 heavy (non-hydrogen) atoms. The van der Waals surface area contributed by atoms with Gasteiger partial charge in [-0.25, -0.2) is 0 Å². The number of para-hydroxylation sites is 1. The molecule has 3 N–H and O–H groups in total. The zero-order chi connectivity index (χ0) is 18.7. The van der Waals surface area contributed by atoms with Crippen LogP contribution in [0.25, 0.3) is 0 Å². The number of rotatable bonds is 4. The number of hydrogen-bond donors (Lipinski definition) is 2. The fourth-order valence-corrected chi connectivity index (χ4v) is 2.32. The second kappa shape index (κ2) is 6.87. The molecular formula is C19H21N5O2. The lowest BCUT2D eigenvalue weighted by atomic mass is 10.1. The SMILES string of the molecule is CC(C)(C)Oc1ccc(C(=O)n2nc(Nc3ccccc3)nc2N)cc1. The van der Waals surface area contributed by atoms with Gasteiger partial charge in [-0.05, 0) is 57.2 Å². The molecule has 0 amide bonds. The summed E-state index contributed by atoms with van der Waals surface area (Å²) in [6.45, 7) is 5.89. The van der Waals surface area contributed by atoms with Crippen molar-refractivity contribution in [1.29, 1.82) is 0 Å². The normalized spacial score (nSPS) is 11.2. The number of hydrogen-bond acceptors (Lipinski definition) is 6. The van der Waals surface area contributed by atoms with Gasteiger partial charge >= 0.3 is 0 Å². The Morgan fingerprint density at radius 2 is 1.73 bits per heavy atom. The summed E-state index contributed by atoms with van der Waals surface area (Å²) >= 11 is 0. The smallest absolute Gasteiger partial charge is 0.281 e. The standard InChI is InChI=1S/C19H21N5O2/c1-19(2,3)26-15-11-9-13(10-12-15)16(25)24-17(20)22-18(23-24)21-14-7-5-4-6-8-14/h4-12H,1-3H3,(H3,20,21,22,23). The first-order valence-corrected chi connectivity index (χ1v) is 8.20. The number of carbonyl (C=O) groups is 1. The molecule has 1 aromatic heterocycles. The summed E-state index contributed by atoms with van der Waals surface area (Å²) in [7, 11) is 0. The van der Waals surface area contributed by atoms with E-state index >= 15 is 0 Å². The maximum absolute atomic E-state index is 12.6. The first kappa shape index (κ1) is 17.5. The van der Waals surface area contributed by atoms with Crippen LogP contribution in [-0.4, -0.2) is 26.3 Å². The highest BCUT2D eigenvalue weighted by Crippen LogP contribution is 2.20. The predicted molar refractivity (Wildman–Crippen MR) is 101 cm³/mol. The van der Waals surface area contributed by atoms with Crippen LogP contribution >= 0.6 is 0 Å². The van der Waals surface area contributed by atoms with E-state index in [0.29, 0.717) is 11.3 Å². The number of nitrogens with zero attached hydrogens (tertiary/aromatic N) is 3. The molecule has 3 rings (SSSR count). The van der Waals surface area contributed by atoms with E-state index in [1.165, 1.54) is 0 Å². The molecule has 0 fully saturated rings. The van der Waals surface area contributed by atoms with Gasteiger partial charge in [-0.2, -0.15) is 9.67 Å². The quantitative estimate of drug-likeness (QED) is 0.747. The van der Waals surface area contributed by atoms with Crippen LogP contribution in [-0.2, 0) is 0 Å². The molecule has 0 spiro atoms. The minimum absolute atomic E-state index is 0.0171. The third kappa shape index (κ3) is 4.18. The average molecular weight is 351 g/mol. The topological polar surface area (TPSA) is 95.1 Å². The molecule has 2 aromatic carbocycles. The second-order valence-corrected chi connectivity index (χ2v) is 6.74. The van der Waals surface area contributed by atoms with E-state index in [4.69, 9.17) is 10.5 Å². The van der Waals surface area contributed by atoms with Crippen LogP contribution in [0.5, 0.6) is 5.75 Å². The van der Waals surface area contributed by atoms with Gasteiger partial charge in [0, 0.05) is 11.3 Å². The molecule has 0 unspecified atom stereocenters. The Balaban J connectivity index is 1.77. The molecule has 0 radical (unpaired) electrons. The molecule has 7 heteroatoms. The zero-order valence-corrected chi connectivity index (χ0v) is 14.9. The van der Waals surface area contributed by atoms with E-state index in [1.54, 1.807) is 24.3 Å². The Morgan fingerprint density at radius 3 is 2.35 bits per heavy atom. The first-order chi connectivity index (χ1) is 12.3. The molecule has 134 valence electrons. The van der Waals surface area contributed by atoms with Gasteiger partial charge in [-0.15, -0.1) is 5.10 Å². The highest BCUT2D eigenvalue weighted by atomic mass is 16.5. The number of benzene rings is 2. The Labute approximate surface area is 151 Å². The Hall–Kier alpha value is -3.35. The lowest BCUT2D eigenvalue weighted by Gasteiger charge is -2.21. The maximum Gasteiger partial charge on any atom is 0.281 e. The van der Waals surface area contributed by atoms with Crippen LogP contribution in [0.4, 0.5) is 17.6 Å². The number of nitrogen functional groups attached to an aromatic ring is 1. The lowest BCUT2D eigenvalue weighted by molar-refractivity contribution is 0.0948. The number of ether oxygens (including phenoxy) is 1. The summed E-state index contributed by atoms with van der Waals surface area (Å²) in [6, 6.07) is 16.2. The molecule has 1 heterocycles. The highest BCUT2D eigenvalue weighted by molar-refractivity contribution is 5.97. The van der Waals surface area contributed by atoms with E-state index < -0.39 is 0 Å². The van der Waals surface area contributed by atoms with Crippen LogP contribution in [0.1, 0.15) is 31.1 Å². The van der Waals surface area contributed by atoms with Gasteiger partial charge in [0.15, 0.2) is 0 Å². The fourth-order valence-electron chi connectivity index (χ4n) is 2.32. The molecule has 0 aliphatic carbocycles. The summed E-state index contributed by atoms with van der Waals surface area (Å²) in [6.07, 6.45) is 0. The van der Waals surface area contributed by atoms with Gasteiger partial charge < -0.3 is 15.8 Å². The fraction of sp³-hybridized carbons (Fsp3) is 0.211. The van der Waals surface area contributed by atoms with Gasteiger partial charge in [0.25, 0.3) is 5.91 Å². The van der Waals surface area contributed by atoms with Crippen molar-refractivity contribution in [3.05, 3.63) is 60.2 Å². The van der Waals surface area contributed by atoms with Crippen LogP contribution in [0.2, 0.25) is 0 Å². The van der Waals surface area contributed by atoms with Gasteiger partial charge in [0.05, 0.1) is 0 Å². The van der Waals surface area contributed by atoms with Crippen molar-refractivity contribution in [2.75, 3.05) is 11.1 Å². The average Bonchev–Trinajstić information content (AvgIpc) is 2.94. The summed E-state index contributed by atoms with van der Waals surface area (Å²) in [5.41, 5.74) is 6.79. The van der Waals surface area contributed by atoms with Crippen molar-refractivity contribution < 1.29 is 9.53 Å². The molecule has 0 saturated heterocycles. The second-order valence-electron chi connectivity index (χ2n) is 6.74. The number of aromatic nitrogens is 3. The van der Waals surface area contributed by atoms with Crippen LogP contribution in [0, 0.1) is 0 Å². The largest absolute Gasteiger partial charge is 0.488 e. The van der Waals surface area contributed by atoms with Gasteiger partial charge in [0.1, 0.15) is 11.4 Å². The third-order valence-corrected chi connectivity index (χ3v) is 3.38. The summed E-state index contributed by atoms with van der Waals surface area (Å²) in [5.74, 6) is 0.601. The number of carbonyl (C=O) groups excluding carboxylic acids is 1. The van der Waals surface area contributed by atoms with Gasteiger partial charge in [-0.3, -0.25) is 4.79 Å². The molecule has 0 atom stereocenters. The van der Waals surface area contributed by atoms with Crippen LogP contribution < -0.4 is 15.8 Å². The van der Waals surface area contributed by atoms with E-state index in [9.17, 15) is 4.79 Å². The Bertz CT molecular complexity index is 896. The molecule has 0 bridgehead atoms. The van der Waals surface area contributed by atoms with E-state index in [2.05, 4.69) is 15.4 Å². The maximum atomic E-state index is 12.6. The van der Waals surface area contributed by atoms with Crippen molar-refractivity contribution in [2.45, 2.75) is 26.4 Å². The summed E-state index contributed by atoms with van der Waals surface area (Å²) in [5, 5.41) is 7.16. The Kier molecular flexibility index (Phi) is 4.62. The van der Waals surface area contributed by atoms with Crippen LogP contribution in [0.3, 0.4) is 0 Å². The Morgan fingerprint density at radius 1 is 1.08 bits per heavy atom.